The number of likely N-dealkylation sites (N-methyl/N-ethyl adjacent to an activating group) is 2. The lowest BCUT2D eigenvalue weighted by Gasteiger charge is -2.22. The minimum Gasteiger partial charge on any atom is -0.353 e. The Morgan fingerprint density at radius 2 is 1.25 bits per heavy atom. The predicted octanol–water partition coefficient (Wildman–Crippen LogP) is -1.90. The number of nitrogens with one attached hydrogen (secondary N) is 2. The highest BCUT2D eigenvalue weighted by atomic mass is 16.2. The molecule has 0 saturated carbocycles. The average Bonchev–Trinajstić information content (AvgIpc) is 2.20. The van der Waals surface area contributed by atoms with Crippen LogP contribution in [0.2, 0.25) is 0 Å². The first-order valence-corrected chi connectivity index (χ1v) is 5.48. The topological polar surface area (TPSA) is 64.7 Å². The van der Waals surface area contributed by atoms with Gasteiger partial charge in [0.25, 0.3) is 0 Å². The summed E-state index contributed by atoms with van der Waals surface area (Å²) < 4.78 is 0. The molecule has 2 N–H and O–H groups in total. The van der Waals surface area contributed by atoms with Crippen molar-refractivity contribution in [2.24, 2.45) is 0 Å². The molecular weight excluding hydrogens is 208 g/mol. The Labute approximate surface area is 96.0 Å². The number of carbonyl (C=O) groups excluding carboxylic acids is 2. The van der Waals surface area contributed by atoms with Crippen molar-refractivity contribution in [3.05, 3.63) is 0 Å². The van der Waals surface area contributed by atoms with Crippen LogP contribution in [0.1, 0.15) is 0 Å². The maximum atomic E-state index is 11.4. The van der Waals surface area contributed by atoms with Crippen molar-refractivity contribution in [2.75, 3.05) is 53.4 Å². The molecule has 0 unspecified atom stereocenters. The number of hydrogen-bond acceptors (Lipinski definition) is 4. The van der Waals surface area contributed by atoms with Gasteiger partial charge in [0.2, 0.25) is 11.8 Å². The maximum absolute atomic E-state index is 11.4. The van der Waals surface area contributed by atoms with Gasteiger partial charge >= 0.3 is 0 Å². The van der Waals surface area contributed by atoms with Crippen LogP contribution >= 0.6 is 0 Å². The number of carbonyl (C=O) groups is 2. The van der Waals surface area contributed by atoms with Gasteiger partial charge in [-0.3, -0.25) is 19.4 Å². The molecular formula is C10H20N4O2. The van der Waals surface area contributed by atoms with Crippen LogP contribution in [0.25, 0.3) is 0 Å². The number of rotatable bonds is 0. The second-order valence-electron chi connectivity index (χ2n) is 4.18. The summed E-state index contributed by atoms with van der Waals surface area (Å²) in [6.07, 6.45) is 0. The highest BCUT2D eigenvalue weighted by Crippen LogP contribution is 1.88. The summed E-state index contributed by atoms with van der Waals surface area (Å²) in [7, 11) is 3.80. The highest BCUT2D eigenvalue weighted by molar-refractivity contribution is 5.79. The fourth-order valence-electron chi connectivity index (χ4n) is 1.51. The van der Waals surface area contributed by atoms with Gasteiger partial charge in [0, 0.05) is 26.2 Å². The van der Waals surface area contributed by atoms with E-state index in [4.69, 9.17) is 0 Å². The van der Waals surface area contributed by atoms with Gasteiger partial charge in [-0.15, -0.1) is 0 Å². The largest absolute Gasteiger partial charge is 0.353 e. The molecule has 6 nitrogen and oxygen atoms in total. The van der Waals surface area contributed by atoms with Crippen molar-refractivity contribution < 1.29 is 9.59 Å². The van der Waals surface area contributed by atoms with Crippen LogP contribution in [-0.2, 0) is 9.59 Å². The van der Waals surface area contributed by atoms with Crippen LogP contribution in [-0.4, -0.2) is 75.0 Å². The Morgan fingerprint density at radius 3 is 1.62 bits per heavy atom. The van der Waals surface area contributed by atoms with E-state index >= 15 is 0 Å². The van der Waals surface area contributed by atoms with Crippen molar-refractivity contribution in [2.45, 2.75) is 0 Å². The molecule has 92 valence electrons. The van der Waals surface area contributed by atoms with Gasteiger partial charge in [0.15, 0.2) is 0 Å². The van der Waals surface area contributed by atoms with Crippen molar-refractivity contribution in [3.63, 3.8) is 0 Å². The van der Waals surface area contributed by atoms with Crippen LogP contribution in [0, 0.1) is 0 Å². The monoisotopic (exact) mass is 228 g/mol. The lowest BCUT2D eigenvalue weighted by atomic mass is 10.4. The van der Waals surface area contributed by atoms with Crippen molar-refractivity contribution in [1.82, 2.24) is 20.4 Å². The summed E-state index contributed by atoms with van der Waals surface area (Å²) in [6.45, 7) is 3.34. The van der Waals surface area contributed by atoms with E-state index in [-0.39, 0.29) is 11.8 Å². The highest BCUT2D eigenvalue weighted by Gasteiger charge is 2.11. The van der Waals surface area contributed by atoms with Crippen LogP contribution in [0.5, 0.6) is 0 Å². The zero-order chi connectivity index (χ0) is 12.0. The van der Waals surface area contributed by atoms with Crippen molar-refractivity contribution in [1.29, 1.82) is 0 Å². The third kappa shape index (κ3) is 5.09. The van der Waals surface area contributed by atoms with Crippen molar-refractivity contribution in [3.8, 4) is 0 Å². The normalized spacial score (nSPS) is 22.9. The molecule has 1 aliphatic heterocycles. The van der Waals surface area contributed by atoms with Gasteiger partial charge in [-0.25, -0.2) is 0 Å². The summed E-state index contributed by atoms with van der Waals surface area (Å²) >= 11 is 0. The zero-order valence-electron chi connectivity index (χ0n) is 9.95. The molecule has 0 aromatic carbocycles. The van der Waals surface area contributed by atoms with E-state index in [0.29, 0.717) is 26.2 Å². The molecule has 16 heavy (non-hydrogen) atoms. The number of hydrogen-bond donors (Lipinski definition) is 2. The minimum atomic E-state index is -0.0000227. The molecule has 0 atom stereocenters. The van der Waals surface area contributed by atoms with Crippen LogP contribution in [0.3, 0.4) is 0 Å². The molecule has 0 aromatic heterocycles. The van der Waals surface area contributed by atoms with Crippen LogP contribution in [0.4, 0.5) is 0 Å². The number of amides is 2. The van der Waals surface area contributed by atoms with Gasteiger partial charge in [-0.05, 0) is 14.1 Å². The third-order valence-electron chi connectivity index (χ3n) is 2.46. The van der Waals surface area contributed by atoms with E-state index in [1.807, 2.05) is 23.9 Å². The first kappa shape index (κ1) is 12.9. The zero-order valence-corrected chi connectivity index (χ0v) is 9.95. The Bertz CT molecular complexity index is 231. The summed E-state index contributed by atoms with van der Waals surface area (Å²) in [5, 5.41) is 5.51. The fraction of sp³-hybridized carbons (Fsp3) is 0.800. The molecule has 1 heterocycles. The smallest absolute Gasteiger partial charge is 0.234 e. The second-order valence-corrected chi connectivity index (χ2v) is 4.18. The summed E-state index contributed by atoms with van der Waals surface area (Å²) in [4.78, 5) is 26.7. The van der Waals surface area contributed by atoms with Gasteiger partial charge < -0.3 is 10.6 Å². The van der Waals surface area contributed by atoms with E-state index in [1.165, 1.54) is 0 Å². The molecule has 0 aliphatic carbocycles. The van der Waals surface area contributed by atoms with Crippen molar-refractivity contribution >= 4 is 11.8 Å². The molecule has 6 heteroatoms. The van der Waals surface area contributed by atoms with Crippen LogP contribution in [0.15, 0.2) is 0 Å². The van der Waals surface area contributed by atoms with E-state index in [1.54, 1.807) is 0 Å². The van der Waals surface area contributed by atoms with E-state index < -0.39 is 0 Å². The predicted molar refractivity (Wildman–Crippen MR) is 61.0 cm³/mol. The molecule has 2 amide bonds. The molecule has 1 saturated heterocycles. The molecule has 0 spiro atoms. The minimum absolute atomic E-state index is 0.0000227. The molecule has 1 rings (SSSR count). The lowest BCUT2D eigenvalue weighted by molar-refractivity contribution is -0.124. The first-order chi connectivity index (χ1) is 7.58. The second kappa shape index (κ2) is 6.44. The van der Waals surface area contributed by atoms with Gasteiger partial charge in [-0.2, -0.15) is 0 Å². The fourth-order valence-corrected chi connectivity index (χ4v) is 1.51. The van der Waals surface area contributed by atoms with Crippen LogP contribution < -0.4 is 10.6 Å². The van der Waals surface area contributed by atoms with E-state index in [0.717, 1.165) is 13.1 Å². The lowest BCUT2D eigenvalue weighted by Crippen LogP contribution is -2.45. The molecule has 1 fully saturated rings. The van der Waals surface area contributed by atoms with E-state index in [2.05, 4.69) is 10.6 Å². The van der Waals surface area contributed by atoms with Gasteiger partial charge in [0.1, 0.15) is 0 Å². The maximum Gasteiger partial charge on any atom is 0.234 e. The quantitative estimate of drug-likeness (QED) is 0.508. The molecule has 0 aromatic rings. The average molecular weight is 228 g/mol. The number of nitrogens with zero attached hydrogens (tertiary/aromatic N) is 2. The summed E-state index contributed by atoms with van der Waals surface area (Å²) in [5.41, 5.74) is 0. The Balaban J connectivity index is 2.47. The molecule has 0 radical (unpaired) electrons. The SMILES string of the molecule is CN1CCN(C)CC(=O)NCCNC(=O)C1. The first-order valence-electron chi connectivity index (χ1n) is 5.48. The Morgan fingerprint density at radius 1 is 0.875 bits per heavy atom. The van der Waals surface area contributed by atoms with Gasteiger partial charge in [0.05, 0.1) is 13.1 Å². The Hall–Kier alpha value is -1.14. The van der Waals surface area contributed by atoms with Gasteiger partial charge in [-0.1, -0.05) is 0 Å². The summed E-state index contributed by atoms with van der Waals surface area (Å²) in [6, 6.07) is 0. The third-order valence-corrected chi connectivity index (χ3v) is 2.46. The Kier molecular flexibility index (Phi) is 5.21. The molecule has 0 bridgehead atoms. The standard InChI is InChI=1S/C10H20N4O2/c1-13-5-6-14(2)8-10(16)12-4-3-11-9(15)7-13/h3-8H2,1-2H3,(H,11,15)(H,12,16). The summed E-state index contributed by atoms with van der Waals surface area (Å²) in [5.74, 6) is -0.0000454. The van der Waals surface area contributed by atoms with E-state index in [9.17, 15) is 9.59 Å². The molecule has 1 aliphatic rings.